The molecule has 0 aromatic rings. The molecule has 0 amide bonds. The van der Waals surface area contributed by atoms with Gasteiger partial charge in [-0.1, -0.05) is 0 Å². The molecule has 4 nitrogen and oxygen atoms in total. The highest BCUT2D eigenvalue weighted by atomic mass is 16.5. The number of carbonyl (C=O) groups excluding carboxylic acids is 1. The third-order valence-electron chi connectivity index (χ3n) is 2.68. The number of ether oxygens (including phenoxy) is 2. The Morgan fingerprint density at radius 1 is 1.44 bits per heavy atom. The molecule has 1 aliphatic rings. The van der Waals surface area contributed by atoms with Crippen LogP contribution in [0.5, 0.6) is 0 Å². The maximum atomic E-state index is 11.4. The van der Waals surface area contributed by atoms with E-state index in [0.29, 0.717) is 12.5 Å². The molecule has 1 saturated heterocycles. The van der Waals surface area contributed by atoms with E-state index in [1.165, 1.54) is 0 Å². The molecule has 1 aliphatic heterocycles. The fourth-order valence-electron chi connectivity index (χ4n) is 1.95. The lowest BCUT2D eigenvalue weighted by Crippen LogP contribution is -2.34. The van der Waals surface area contributed by atoms with Crippen LogP contribution in [0.15, 0.2) is 0 Å². The minimum atomic E-state index is -0.135. The van der Waals surface area contributed by atoms with Gasteiger partial charge in [0.1, 0.15) is 0 Å². The van der Waals surface area contributed by atoms with Gasteiger partial charge in [0.15, 0.2) is 0 Å². The predicted molar refractivity (Wildman–Crippen MR) is 62.3 cm³/mol. The standard InChI is InChI=1S/C12H23NO3/c1-10(2)16-12(14)9-13(3)8-11-4-6-15-7-5-11/h10-11H,4-9H2,1-3H3. The summed E-state index contributed by atoms with van der Waals surface area (Å²) in [6.07, 6.45) is 2.18. The van der Waals surface area contributed by atoms with Gasteiger partial charge in [0.05, 0.1) is 12.6 Å². The second-order valence-electron chi connectivity index (χ2n) is 4.79. The molecule has 16 heavy (non-hydrogen) atoms. The molecule has 0 N–H and O–H groups in total. The zero-order valence-corrected chi connectivity index (χ0v) is 10.6. The quantitative estimate of drug-likeness (QED) is 0.666. The molecule has 0 spiro atoms. The van der Waals surface area contributed by atoms with Crippen LogP contribution in [0.2, 0.25) is 0 Å². The van der Waals surface area contributed by atoms with Gasteiger partial charge in [-0.05, 0) is 39.7 Å². The molecule has 1 rings (SSSR count). The van der Waals surface area contributed by atoms with Gasteiger partial charge in [0.2, 0.25) is 0 Å². The smallest absolute Gasteiger partial charge is 0.320 e. The Kier molecular flexibility index (Phi) is 5.77. The van der Waals surface area contributed by atoms with Crippen molar-refractivity contribution in [3.63, 3.8) is 0 Å². The Morgan fingerprint density at radius 3 is 2.62 bits per heavy atom. The molecule has 0 aromatic carbocycles. The van der Waals surface area contributed by atoms with Gasteiger partial charge in [-0.3, -0.25) is 9.69 Å². The molecule has 0 aliphatic carbocycles. The van der Waals surface area contributed by atoms with Crippen LogP contribution >= 0.6 is 0 Å². The van der Waals surface area contributed by atoms with Gasteiger partial charge in [0, 0.05) is 19.8 Å². The SMILES string of the molecule is CC(C)OC(=O)CN(C)CC1CCOCC1. The second-order valence-corrected chi connectivity index (χ2v) is 4.79. The van der Waals surface area contributed by atoms with E-state index in [1.54, 1.807) is 0 Å². The number of likely N-dealkylation sites (N-methyl/N-ethyl adjacent to an activating group) is 1. The highest BCUT2D eigenvalue weighted by molar-refractivity contribution is 5.71. The molecule has 1 heterocycles. The maximum absolute atomic E-state index is 11.4. The minimum absolute atomic E-state index is 0.0241. The van der Waals surface area contributed by atoms with E-state index >= 15 is 0 Å². The van der Waals surface area contributed by atoms with E-state index in [1.807, 2.05) is 25.8 Å². The Labute approximate surface area is 97.9 Å². The molecular formula is C12H23NO3. The summed E-state index contributed by atoms with van der Waals surface area (Å²) in [5.74, 6) is 0.523. The van der Waals surface area contributed by atoms with Crippen LogP contribution in [0.1, 0.15) is 26.7 Å². The van der Waals surface area contributed by atoms with Crippen LogP contribution in [-0.2, 0) is 14.3 Å². The number of esters is 1. The number of carbonyl (C=O) groups is 1. The van der Waals surface area contributed by atoms with Crippen molar-refractivity contribution in [1.82, 2.24) is 4.90 Å². The van der Waals surface area contributed by atoms with Crippen LogP contribution in [-0.4, -0.2) is 50.3 Å². The third-order valence-corrected chi connectivity index (χ3v) is 2.68. The largest absolute Gasteiger partial charge is 0.462 e. The average Bonchev–Trinajstić information content (AvgIpc) is 2.17. The summed E-state index contributed by atoms with van der Waals surface area (Å²) in [6.45, 7) is 6.79. The van der Waals surface area contributed by atoms with E-state index in [-0.39, 0.29) is 12.1 Å². The Balaban J connectivity index is 2.18. The van der Waals surface area contributed by atoms with Crippen LogP contribution in [0, 0.1) is 5.92 Å². The van der Waals surface area contributed by atoms with Crippen molar-refractivity contribution in [2.75, 3.05) is 33.4 Å². The first-order valence-electron chi connectivity index (χ1n) is 6.03. The van der Waals surface area contributed by atoms with E-state index in [2.05, 4.69) is 0 Å². The fourth-order valence-corrected chi connectivity index (χ4v) is 1.95. The number of nitrogens with zero attached hydrogens (tertiary/aromatic N) is 1. The second kappa shape index (κ2) is 6.86. The minimum Gasteiger partial charge on any atom is -0.462 e. The van der Waals surface area contributed by atoms with E-state index < -0.39 is 0 Å². The first-order valence-corrected chi connectivity index (χ1v) is 6.03. The van der Waals surface area contributed by atoms with Crippen molar-refractivity contribution in [3.8, 4) is 0 Å². The van der Waals surface area contributed by atoms with Crippen molar-refractivity contribution in [1.29, 1.82) is 0 Å². The first-order chi connectivity index (χ1) is 7.58. The number of hydrogen-bond donors (Lipinski definition) is 0. The van der Waals surface area contributed by atoms with Crippen LogP contribution in [0.25, 0.3) is 0 Å². The van der Waals surface area contributed by atoms with Gasteiger partial charge >= 0.3 is 5.97 Å². The molecule has 0 aromatic heterocycles. The summed E-state index contributed by atoms with van der Waals surface area (Å²) in [5, 5.41) is 0. The monoisotopic (exact) mass is 229 g/mol. The summed E-state index contributed by atoms with van der Waals surface area (Å²) in [6, 6.07) is 0. The molecule has 94 valence electrons. The molecule has 1 fully saturated rings. The Bertz CT molecular complexity index is 212. The summed E-state index contributed by atoms with van der Waals surface area (Å²) < 4.78 is 10.4. The Hall–Kier alpha value is -0.610. The summed E-state index contributed by atoms with van der Waals surface area (Å²) in [4.78, 5) is 13.5. The van der Waals surface area contributed by atoms with Crippen molar-refractivity contribution in [2.45, 2.75) is 32.8 Å². The zero-order chi connectivity index (χ0) is 12.0. The molecule has 0 bridgehead atoms. The van der Waals surface area contributed by atoms with Gasteiger partial charge in [-0.2, -0.15) is 0 Å². The lowest BCUT2D eigenvalue weighted by Gasteiger charge is -2.26. The normalized spacial score (nSPS) is 18.1. The molecule has 0 unspecified atom stereocenters. The van der Waals surface area contributed by atoms with Gasteiger partial charge in [-0.25, -0.2) is 0 Å². The van der Waals surface area contributed by atoms with Crippen molar-refractivity contribution in [2.24, 2.45) is 5.92 Å². The fraction of sp³-hybridized carbons (Fsp3) is 0.917. The number of rotatable bonds is 5. The van der Waals surface area contributed by atoms with Crippen LogP contribution < -0.4 is 0 Å². The lowest BCUT2D eigenvalue weighted by molar-refractivity contribution is -0.148. The maximum Gasteiger partial charge on any atom is 0.320 e. The van der Waals surface area contributed by atoms with Crippen molar-refractivity contribution >= 4 is 5.97 Å². The van der Waals surface area contributed by atoms with Gasteiger partial charge in [0.25, 0.3) is 0 Å². The van der Waals surface area contributed by atoms with E-state index in [4.69, 9.17) is 9.47 Å². The van der Waals surface area contributed by atoms with Crippen LogP contribution in [0.3, 0.4) is 0 Å². The summed E-state index contributed by atoms with van der Waals surface area (Å²) in [7, 11) is 1.97. The molecule has 4 heteroatoms. The Morgan fingerprint density at radius 2 is 2.06 bits per heavy atom. The molecule has 0 radical (unpaired) electrons. The third kappa shape index (κ3) is 5.47. The van der Waals surface area contributed by atoms with Gasteiger partial charge < -0.3 is 9.47 Å². The first kappa shape index (κ1) is 13.5. The summed E-state index contributed by atoms with van der Waals surface area (Å²) >= 11 is 0. The van der Waals surface area contributed by atoms with Crippen molar-refractivity contribution < 1.29 is 14.3 Å². The highest BCUT2D eigenvalue weighted by Crippen LogP contribution is 2.15. The number of hydrogen-bond acceptors (Lipinski definition) is 4. The van der Waals surface area contributed by atoms with E-state index in [0.717, 1.165) is 32.6 Å². The topological polar surface area (TPSA) is 38.8 Å². The molecule has 0 atom stereocenters. The predicted octanol–water partition coefficient (Wildman–Crippen LogP) is 1.30. The average molecular weight is 229 g/mol. The zero-order valence-electron chi connectivity index (χ0n) is 10.6. The van der Waals surface area contributed by atoms with E-state index in [9.17, 15) is 4.79 Å². The van der Waals surface area contributed by atoms with Crippen LogP contribution in [0.4, 0.5) is 0 Å². The summed E-state index contributed by atoms with van der Waals surface area (Å²) in [5.41, 5.74) is 0. The molecular weight excluding hydrogens is 206 g/mol. The molecule has 0 saturated carbocycles. The lowest BCUT2D eigenvalue weighted by atomic mass is 10.00. The highest BCUT2D eigenvalue weighted by Gasteiger charge is 2.17. The van der Waals surface area contributed by atoms with Gasteiger partial charge in [-0.15, -0.1) is 0 Å². The van der Waals surface area contributed by atoms with Crippen molar-refractivity contribution in [3.05, 3.63) is 0 Å².